The normalized spacial score (nSPS) is 14.8. The van der Waals surface area contributed by atoms with Gasteiger partial charge < -0.3 is 5.11 Å². The molecule has 0 atom stereocenters. The number of rotatable bonds is 0. The highest BCUT2D eigenvalue weighted by Crippen LogP contribution is 2.34. The third kappa shape index (κ3) is 0.646. The maximum Gasteiger partial charge on any atom is 0.474 e. The van der Waals surface area contributed by atoms with Crippen molar-refractivity contribution in [3.8, 4) is 0 Å². The molecule has 0 bridgehead atoms. The first kappa shape index (κ1) is 7.00. The summed E-state index contributed by atoms with van der Waals surface area (Å²) < 4.78 is 0. The first-order valence-electron chi connectivity index (χ1n) is 3.16. The SMILES string of the molecule is N#[N+]C1=C(O)c2ccsc2C1=O. The van der Waals surface area contributed by atoms with E-state index in [1.54, 1.807) is 11.4 Å². The van der Waals surface area contributed by atoms with E-state index in [1.807, 2.05) is 0 Å². The Balaban J connectivity index is 2.73. The van der Waals surface area contributed by atoms with Crippen molar-refractivity contribution in [2.75, 3.05) is 0 Å². The molecule has 2 rings (SSSR count). The molecule has 1 aliphatic carbocycles. The van der Waals surface area contributed by atoms with Gasteiger partial charge in [-0.2, -0.15) is 0 Å². The van der Waals surface area contributed by atoms with Gasteiger partial charge in [0.15, 0.2) is 4.98 Å². The lowest BCUT2D eigenvalue weighted by Crippen LogP contribution is -1.91. The minimum Gasteiger partial charge on any atom is -0.501 e. The number of Topliss-reactive ketones (excluding diaryl/α,β-unsaturated/α-hetero) is 1. The summed E-state index contributed by atoms with van der Waals surface area (Å²) in [4.78, 5) is 14.4. The zero-order chi connectivity index (χ0) is 8.72. The Morgan fingerprint density at radius 2 is 2.33 bits per heavy atom. The summed E-state index contributed by atoms with van der Waals surface area (Å²) in [5.74, 6) is -0.654. The van der Waals surface area contributed by atoms with Gasteiger partial charge in [0.05, 0.1) is 4.88 Å². The Morgan fingerprint density at radius 1 is 1.58 bits per heavy atom. The molecule has 1 heterocycles. The zero-order valence-corrected chi connectivity index (χ0v) is 6.63. The molecule has 0 saturated carbocycles. The molecule has 1 aliphatic rings. The van der Waals surface area contributed by atoms with Gasteiger partial charge in [-0.3, -0.25) is 4.79 Å². The third-order valence-electron chi connectivity index (χ3n) is 1.67. The van der Waals surface area contributed by atoms with Crippen molar-refractivity contribution in [2.45, 2.75) is 0 Å². The predicted molar refractivity (Wildman–Crippen MR) is 43.3 cm³/mol. The second-order valence-electron chi connectivity index (χ2n) is 2.29. The lowest BCUT2D eigenvalue weighted by atomic mass is 10.3. The van der Waals surface area contributed by atoms with Gasteiger partial charge in [-0.1, -0.05) is 0 Å². The minimum atomic E-state index is -0.417. The van der Waals surface area contributed by atoms with Crippen LogP contribution in [0.1, 0.15) is 15.2 Å². The molecule has 1 aromatic heterocycles. The van der Waals surface area contributed by atoms with Gasteiger partial charge in [0.1, 0.15) is 0 Å². The van der Waals surface area contributed by atoms with Crippen molar-refractivity contribution in [3.05, 3.63) is 32.6 Å². The van der Waals surface area contributed by atoms with E-state index >= 15 is 0 Å². The molecule has 4 nitrogen and oxygen atoms in total. The van der Waals surface area contributed by atoms with E-state index in [-0.39, 0.29) is 11.5 Å². The number of diazo groups is 1. The van der Waals surface area contributed by atoms with Crippen LogP contribution in [0.3, 0.4) is 0 Å². The second kappa shape index (κ2) is 2.16. The van der Waals surface area contributed by atoms with E-state index in [0.717, 1.165) is 0 Å². The number of carbonyl (C=O) groups is 1. The molecular formula is C7H3N2O2S+. The summed E-state index contributed by atoms with van der Waals surface area (Å²) in [5, 5.41) is 19.4. The molecule has 1 N–H and O–H groups in total. The largest absolute Gasteiger partial charge is 0.501 e. The van der Waals surface area contributed by atoms with Crippen LogP contribution in [-0.4, -0.2) is 10.9 Å². The molecular weight excluding hydrogens is 176 g/mol. The van der Waals surface area contributed by atoms with Crippen LogP contribution < -0.4 is 0 Å². The van der Waals surface area contributed by atoms with Gasteiger partial charge in [0, 0.05) is 5.56 Å². The molecule has 0 aromatic carbocycles. The van der Waals surface area contributed by atoms with Crippen molar-refractivity contribution >= 4 is 22.9 Å². The predicted octanol–water partition coefficient (Wildman–Crippen LogP) is 2.02. The fourth-order valence-corrected chi connectivity index (χ4v) is 1.94. The average molecular weight is 179 g/mol. The quantitative estimate of drug-likeness (QED) is 0.619. The number of allylic oxidation sites excluding steroid dienone is 1. The maximum absolute atomic E-state index is 11.2. The van der Waals surface area contributed by atoms with Crippen molar-refractivity contribution in [1.82, 2.24) is 0 Å². The number of hydrogen-bond acceptors (Lipinski definition) is 4. The van der Waals surface area contributed by atoms with Crippen LogP contribution >= 0.6 is 11.3 Å². The fraction of sp³-hybridized carbons (Fsp3) is 0. The smallest absolute Gasteiger partial charge is 0.474 e. The first-order valence-corrected chi connectivity index (χ1v) is 4.04. The molecule has 0 spiro atoms. The standard InChI is InChI=1S/C7H2N2O2S/c8-9-4-5(10)3-1-2-12-7(3)6(4)11/h1-2H/p+1. The van der Waals surface area contributed by atoms with E-state index in [2.05, 4.69) is 4.98 Å². The van der Waals surface area contributed by atoms with Gasteiger partial charge in [-0.05, 0) is 11.4 Å². The Kier molecular flexibility index (Phi) is 1.26. The number of carbonyl (C=O) groups excluding carboxylic acids is 1. The molecule has 0 fully saturated rings. The molecule has 1 aromatic rings. The Morgan fingerprint density at radius 3 is 2.92 bits per heavy atom. The van der Waals surface area contributed by atoms with E-state index in [4.69, 9.17) is 5.39 Å². The number of thiophene rings is 1. The van der Waals surface area contributed by atoms with E-state index in [1.165, 1.54) is 11.3 Å². The summed E-state index contributed by atoms with van der Waals surface area (Å²) in [7, 11) is 0. The Bertz CT molecular complexity index is 439. The van der Waals surface area contributed by atoms with Crippen LogP contribution in [0.4, 0.5) is 0 Å². The highest BCUT2D eigenvalue weighted by atomic mass is 32.1. The topological polar surface area (TPSA) is 65.4 Å². The average Bonchev–Trinajstić information content (AvgIpc) is 2.58. The molecule has 5 heteroatoms. The fourth-order valence-electron chi connectivity index (χ4n) is 1.11. The number of aliphatic hydroxyl groups excluding tert-OH is 1. The number of aliphatic hydroxyl groups is 1. The van der Waals surface area contributed by atoms with E-state index < -0.39 is 5.78 Å². The lowest BCUT2D eigenvalue weighted by Gasteiger charge is -1.82. The van der Waals surface area contributed by atoms with E-state index in [9.17, 15) is 9.90 Å². The van der Waals surface area contributed by atoms with Crippen molar-refractivity contribution in [2.24, 2.45) is 0 Å². The molecule has 0 amide bonds. The Hall–Kier alpha value is -1.67. The number of fused-ring (bicyclic) bond motifs is 1. The Labute approximate surface area is 71.4 Å². The van der Waals surface area contributed by atoms with Crippen LogP contribution in [0.5, 0.6) is 0 Å². The summed E-state index contributed by atoms with van der Waals surface area (Å²) in [6.45, 7) is 0. The highest BCUT2D eigenvalue weighted by Gasteiger charge is 2.41. The third-order valence-corrected chi connectivity index (χ3v) is 2.58. The van der Waals surface area contributed by atoms with Crippen LogP contribution in [0.15, 0.2) is 17.1 Å². The first-order chi connectivity index (χ1) is 5.75. The number of nitrogens with zero attached hydrogens (tertiary/aromatic N) is 2. The van der Waals surface area contributed by atoms with Gasteiger partial charge in [-0.25, -0.2) is 0 Å². The zero-order valence-electron chi connectivity index (χ0n) is 5.81. The van der Waals surface area contributed by atoms with Crippen molar-refractivity contribution < 1.29 is 9.90 Å². The second-order valence-corrected chi connectivity index (χ2v) is 3.21. The summed E-state index contributed by atoms with van der Waals surface area (Å²) >= 11 is 1.22. The van der Waals surface area contributed by atoms with Gasteiger partial charge in [0.2, 0.25) is 11.2 Å². The molecule has 0 unspecified atom stereocenters. The highest BCUT2D eigenvalue weighted by molar-refractivity contribution is 7.12. The number of ketones is 1. The van der Waals surface area contributed by atoms with Crippen LogP contribution in [-0.2, 0) is 0 Å². The molecule has 0 saturated heterocycles. The van der Waals surface area contributed by atoms with Gasteiger partial charge in [-0.15, -0.1) is 11.3 Å². The van der Waals surface area contributed by atoms with E-state index in [0.29, 0.717) is 10.4 Å². The minimum absolute atomic E-state index is 0.237. The lowest BCUT2D eigenvalue weighted by molar-refractivity contribution is 0.104. The summed E-state index contributed by atoms with van der Waals surface area (Å²) in [5.41, 5.74) is 0.189. The van der Waals surface area contributed by atoms with Gasteiger partial charge in [0.25, 0.3) is 5.78 Å². The molecule has 12 heavy (non-hydrogen) atoms. The van der Waals surface area contributed by atoms with Crippen LogP contribution in [0, 0.1) is 5.39 Å². The monoisotopic (exact) mass is 179 g/mol. The van der Waals surface area contributed by atoms with Crippen molar-refractivity contribution in [1.29, 1.82) is 5.39 Å². The van der Waals surface area contributed by atoms with Crippen molar-refractivity contribution in [3.63, 3.8) is 0 Å². The molecule has 0 radical (unpaired) electrons. The maximum atomic E-state index is 11.2. The number of hydrogen-bond donors (Lipinski definition) is 1. The molecule has 0 aliphatic heterocycles. The van der Waals surface area contributed by atoms with Gasteiger partial charge >= 0.3 is 5.70 Å². The summed E-state index contributed by atoms with van der Waals surface area (Å²) in [6, 6.07) is 1.62. The van der Waals surface area contributed by atoms with Crippen LogP contribution in [0.2, 0.25) is 0 Å². The van der Waals surface area contributed by atoms with Crippen LogP contribution in [0.25, 0.3) is 10.7 Å². The summed E-state index contributed by atoms with van der Waals surface area (Å²) in [6.07, 6.45) is 0. The molecule has 58 valence electrons.